The second-order valence-electron chi connectivity index (χ2n) is 9.03. The first-order chi connectivity index (χ1) is 15.0. The molecule has 0 aromatic heterocycles. The number of ether oxygens (including phenoxy) is 2. The van der Waals surface area contributed by atoms with Gasteiger partial charge in [-0.15, -0.1) is 0 Å². The van der Waals surface area contributed by atoms with E-state index in [4.69, 9.17) is 9.47 Å². The third-order valence-electron chi connectivity index (χ3n) is 7.08. The maximum atomic E-state index is 13.0. The van der Waals surface area contributed by atoms with Crippen molar-refractivity contribution in [2.45, 2.75) is 57.2 Å². The van der Waals surface area contributed by atoms with Crippen molar-refractivity contribution in [3.63, 3.8) is 0 Å². The molecule has 2 saturated heterocycles. The number of piperidine rings is 1. The van der Waals surface area contributed by atoms with E-state index in [0.717, 1.165) is 69.6 Å². The van der Waals surface area contributed by atoms with Gasteiger partial charge in [0.25, 0.3) is 5.91 Å². The van der Waals surface area contributed by atoms with E-state index in [0.29, 0.717) is 12.6 Å². The second kappa shape index (κ2) is 10.0. The maximum absolute atomic E-state index is 13.0. The molecule has 0 N–H and O–H groups in total. The summed E-state index contributed by atoms with van der Waals surface area (Å²) in [5.74, 6) is 0.958. The fraction of sp³-hybridized carbons (Fsp3) is 0.667. The van der Waals surface area contributed by atoms with Crippen LogP contribution in [0.5, 0.6) is 5.75 Å². The van der Waals surface area contributed by atoms with Gasteiger partial charge >= 0.3 is 0 Å². The molecule has 170 valence electrons. The van der Waals surface area contributed by atoms with Gasteiger partial charge in [0, 0.05) is 52.8 Å². The zero-order valence-corrected chi connectivity index (χ0v) is 18.8. The standard InChI is InChI=1S/C24H35N3O4/c1-18(28)26-12-10-20(11-13-26)27-15-21-23(16-27)30-14-6-5-8-19-7-3-4-9-22(19)31-17-24(29)25(21)2/h3-4,7,9,20-21,23H,5-6,8,10-17H2,1-2H3/t21-,23+/m0/s1. The number of likely N-dealkylation sites (tertiary alicyclic amines) is 2. The molecule has 1 aromatic carbocycles. The molecule has 0 aliphatic carbocycles. The van der Waals surface area contributed by atoms with E-state index >= 15 is 0 Å². The number of nitrogens with zero attached hydrogens (tertiary/aromatic N) is 3. The minimum absolute atomic E-state index is 0.0131. The van der Waals surface area contributed by atoms with E-state index in [1.807, 2.05) is 35.0 Å². The van der Waals surface area contributed by atoms with Gasteiger partial charge < -0.3 is 19.3 Å². The van der Waals surface area contributed by atoms with Gasteiger partial charge in [0.1, 0.15) is 5.75 Å². The lowest BCUT2D eigenvalue weighted by atomic mass is 10.0. The Kier molecular flexibility index (Phi) is 7.13. The summed E-state index contributed by atoms with van der Waals surface area (Å²) in [6, 6.07) is 8.47. The fourth-order valence-corrected chi connectivity index (χ4v) is 5.09. The van der Waals surface area contributed by atoms with E-state index in [2.05, 4.69) is 11.0 Å². The molecule has 0 spiro atoms. The number of amides is 2. The number of para-hydroxylation sites is 1. The molecule has 3 aliphatic rings. The zero-order chi connectivity index (χ0) is 21.8. The van der Waals surface area contributed by atoms with Crippen LogP contribution in [0.3, 0.4) is 0 Å². The van der Waals surface area contributed by atoms with Crippen molar-refractivity contribution in [3.8, 4) is 5.75 Å². The quantitative estimate of drug-likeness (QED) is 0.683. The number of fused-ring (bicyclic) bond motifs is 2. The Hall–Kier alpha value is -2.12. The molecular weight excluding hydrogens is 394 g/mol. The molecule has 3 heterocycles. The largest absolute Gasteiger partial charge is 0.483 e. The monoisotopic (exact) mass is 429 g/mol. The predicted octanol–water partition coefficient (Wildman–Crippen LogP) is 1.94. The molecule has 4 rings (SSSR count). The minimum atomic E-state index is -0.0131. The van der Waals surface area contributed by atoms with Gasteiger partial charge in [0.05, 0.1) is 12.1 Å². The van der Waals surface area contributed by atoms with Crippen LogP contribution in [0.4, 0.5) is 0 Å². The van der Waals surface area contributed by atoms with Crippen LogP contribution in [0.1, 0.15) is 38.2 Å². The Labute approximate surface area is 185 Å². The van der Waals surface area contributed by atoms with Crippen molar-refractivity contribution in [1.29, 1.82) is 0 Å². The lowest BCUT2D eigenvalue weighted by molar-refractivity contribution is -0.136. The summed E-state index contributed by atoms with van der Waals surface area (Å²) >= 11 is 0. The number of aryl methyl sites for hydroxylation is 1. The zero-order valence-electron chi connectivity index (χ0n) is 18.8. The first kappa shape index (κ1) is 22.1. The summed E-state index contributed by atoms with van der Waals surface area (Å²) in [5, 5.41) is 0. The number of benzene rings is 1. The molecule has 7 heteroatoms. The molecule has 0 bridgehead atoms. The Morgan fingerprint density at radius 3 is 2.65 bits per heavy atom. The van der Waals surface area contributed by atoms with Crippen LogP contribution < -0.4 is 4.74 Å². The number of hydrogen-bond donors (Lipinski definition) is 0. The van der Waals surface area contributed by atoms with Gasteiger partial charge in [-0.05, 0) is 43.7 Å². The van der Waals surface area contributed by atoms with Crippen molar-refractivity contribution in [3.05, 3.63) is 29.8 Å². The lowest BCUT2D eigenvalue weighted by Crippen LogP contribution is -2.48. The lowest BCUT2D eigenvalue weighted by Gasteiger charge is -2.36. The molecule has 2 amide bonds. The highest BCUT2D eigenvalue weighted by Crippen LogP contribution is 2.27. The van der Waals surface area contributed by atoms with Crippen molar-refractivity contribution in [1.82, 2.24) is 14.7 Å². The van der Waals surface area contributed by atoms with Crippen molar-refractivity contribution >= 4 is 11.8 Å². The van der Waals surface area contributed by atoms with Crippen molar-refractivity contribution in [2.75, 3.05) is 46.4 Å². The number of likely N-dealkylation sites (N-methyl/N-ethyl adjacent to an activating group) is 1. The van der Waals surface area contributed by atoms with Crippen LogP contribution in [0.15, 0.2) is 24.3 Å². The third kappa shape index (κ3) is 5.21. The first-order valence-corrected chi connectivity index (χ1v) is 11.6. The third-order valence-corrected chi connectivity index (χ3v) is 7.08. The van der Waals surface area contributed by atoms with Gasteiger partial charge in [-0.1, -0.05) is 18.2 Å². The Morgan fingerprint density at radius 1 is 1.10 bits per heavy atom. The predicted molar refractivity (Wildman–Crippen MR) is 118 cm³/mol. The van der Waals surface area contributed by atoms with Crippen LogP contribution in [0.2, 0.25) is 0 Å². The van der Waals surface area contributed by atoms with E-state index in [-0.39, 0.29) is 30.6 Å². The highest BCUT2D eigenvalue weighted by atomic mass is 16.5. The molecule has 2 fully saturated rings. The Balaban J connectivity index is 1.42. The molecule has 0 radical (unpaired) electrons. The van der Waals surface area contributed by atoms with E-state index in [9.17, 15) is 9.59 Å². The van der Waals surface area contributed by atoms with Gasteiger partial charge in [0.2, 0.25) is 5.91 Å². The molecule has 0 saturated carbocycles. The molecule has 7 nitrogen and oxygen atoms in total. The molecule has 3 aliphatic heterocycles. The van der Waals surface area contributed by atoms with Crippen molar-refractivity contribution in [2.24, 2.45) is 0 Å². The average Bonchev–Trinajstić information content (AvgIpc) is 3.21. The minimum Gasteiger partial charge on any atom is -0.483 e. The summed E-state index contributed by atoms with van der Waals surface area (Å²) in [4.78, 5) is 30.8. The molecule has 31 heavy (non-hydrogen) atoms. The van der Waals surface area contributed by atoms with Gasteiger partial charge in [0.15, 0.2) is 6.61 Å². The average molecular weight is 430 g/mol. The fourth-order valence-electron chi connectivity index (χ4n) is 5.09. The molecular formula is C24H35N3O4. The molecule has 1 aromatic rings. The molecule has 2 atom stereocenters. The van der Waals surface area contributed by atoms with Crippen molar-refractivity contribution < 1.29 is 19.1 Å². The number of hydrogen-bond acceptors (Lipinski definition) is 5. The maximum Gasteiger partial charge on any atom is 0.260 e. The number of carbonyl (C=O) groups excluding carboxylic acids is 2. The smallest absolute Gasteiger partial charge is 0.260 e. The summed E-state index contributed by atoms with van der Waals surface area (Å²) in [5.41, 5.74) is 1.15. The van der Waals surface area contributed by atoms with Gasteiger partial charge in [-0.3, -0.25) is 14.5 Å². The SMILES string of the molecule is CC(=O)N1CCC(N2C[C@H]3OCCCCc4ccccc4OCC(=O)N(C)[C@H]3C2)CC1. The van der Waals surface area contributed by atoms with Crippen LogP contribution in [0, 0.1) is 0 Å². The normalized spacial score (nSPS) is 26.8. The topological polar surface area (TPSA) is 62.3 Å². The first-order valence-electron chi connectivity index (χ1n) is 11.6. The van der Waals surface area contributed by atoms with E-state index in [1.54, 1.807) is 6.92 Å². The van der Waals surface area contributed by atoms with E-state index < -0.39 is 0 Å². The molecule has 0 unspecified atom stereocenters. The second-order valence-corrected chi connectivity index (χ2v) is 9.03. The number of rotatable bonds is 1. The van der Waals surface area contributed by atoms with Gasteiger partial charge in [-0.25, -0.2) is 0 Å². The summed E-state index contributed by atoms with van der Waals surface area (Å²) in [6.45, 7) is 5.69. The highest BCUT2D eigenvalue weighted by Gasteiger charge is 2.41. The summed E-state index contributed by atoms with van der Waals surface area (Å²) < 4.78 is 12.3. The van der Waals surface area contributed by atoms with E-state index in [1.165, 1.54) is 0 Å². The number of carbonyl (C=O) groups is 2. The van der Waals surface area contributed by atoms with Gasteiger partial charge in [-0.2, -0.15) is 0 Å². The Morgan fingerprint density at radius 2 is 1.87 bits per heavy atom. The summed E-state index contributed by atoms with van der Waals surface area (Å²) in [6.07, 6.45) is 4.94. The van der Waals surface area contributed by atoms with Crippen LogP contribution >= 0.6 is 0 Å². The highest BCUT2D eigenvalue weighted by molar-refractivity contribution is 5.78. The van der Waals surface area contributed by atoms with Crippen LogP contribution in [-0.4, -0.2) is 91.1 Å². The Bertz CT molecular complexity index is 778. The summed E-state index contributed by atoms with van der Waals surface area (Å²) in [7, 11) is 1.88. The van der Waals surface area contributed by atoms with Crippen LogP contribution in [0.25, 0.3) is 0 Å². The van der Waals surface area contributed by atoms with Crippen LogP contribution in [-0.2, 0) is 20.7 Å².